The van der Waals surface area contributed by atoms with Crippen LogP contribution in [0.2, 0.25) is 0 Å². The number of allylic oxidation sites excluding steroid dienone is 1. The molecule has 1 aliphatic rings. The number of rotatable bonds is 5. The fraction of sp³-hybridized carbons (Fsp3) is 0.619. The summed E-state index contributed by atoms with van der Waals surface area (Å²) in [7, 11) is 0. The van der Waals surface area contributed by atoms with Gasteiger partial charge in [0, 0.05) is 25.2 Å². The Balaban J connectivity index is 2.18. The Hall–Kier alpha value is -1.33. The van der Waals surface area contributed by atoms with Crippen LogP contribution in [0.5, 0.6) is 0 Å². The minimum Gasteiger partial charge on any atom is -0.328 e. The molecule has 0 amide bonds. The van der Waals surface area contributed by atoms with Gasteiger partial charge in [-0.15, -0.1) is 0 Å². The molecule has 0 aliphatic carbocycles. The molecule has 0 bridgehead atoms. The number of halogens is 3. The van der Waals surface area contributed by atoms with Crippen molar-refractivity contribution in [2.45, 2.75) is 70.6 Å². The lowest BCUT2D eigenvalue weighted by Gasteiger charge is -2.39. The Bertz CT molecular complexity index is 605. The maximum Gasteiger partial charge on any atom is 0.416 e. The van der Waals surface area contributed by atoms with Crippen molar-refractivity contribution in [1.82, 2.24) is 4.90 Å². The van der Waals surface area contributed by atoms with Crippen molar-refractivity contribution in [3.05, 3.63) is 47.0 Å². The highest BCUT2D eigenvalue weighted by atomic mass is 19.4. The molecule has 1 aliphatic heterocycles. The molecule has 2 nitrogen and oxygen atoms in total. The third kappa shape index (κ3) is 5.58. The summed E-state index contributed by atoms with van der Waals surface area (Å²) in [6.07, 6.45) is 0.836. The Labute approximate surface area is 155 Å². The van der Waals surface area contributed by atoms with Gasteiger partial charge in [-0.1, -0.05) is 37.6 Å². The van der Waals surface area contributed by atoms with E-state index in [4.69, 9.17) is 5.73 Å². The van der Waals surface area contributed by atoms with Gasteiger partial charge in [0.25, 0.3) is 0 Å². The monoisotopic (exact) mass is 368 g/mol. The minimum atomic E-state index is -4.29. The molecule has 1 saturated heterocycles. The van der Waals surface area contributed by atoms with Gasteiger partial charge in [-0.3, -0.25) is 4.90 Å². The maximum atomic E-state index is 12.8. The zero-order valence-corrected chi connectivity index (χ0v) is 16.2. The molecule has 0 aromatic heterocycles. The highest BCUT2D eigenvalue weighted by Gasteiger charge is 2.32. The van der Waals surface area contributed by atoms with Crippen molar-refractivity contribution < 1.29 is 13.2 Å². The van der Waals surface area contributed by atoms with Crippen molar-refractivity contribution in [1.29, 1.82) is 0 Å². The van der Waals surface area contributed by atoms with Gasteiger partial charge in [0.1, 0.15) is 0 Å². The summed E-state index contributed by atoms with van der Waals surface area (Å²) in [5, 5.41) is 0. The van der Waals surface area contributed by atoms with E-state index >= 15 is 0 Å². The number of piperidine rings is 1. The lowest BCUT2D eigenvalue weighted by Crippen LogP contribution is -2.46. The van der Waals surface area contributed by atoms with E-state index in [1.807, 2.05) is 0 Å². The molecule has 1 heterocycles. The molecule has 2 N–H and O–H groups in total. The lowest BCUT2D eigenvalue weighted by molar-refractivity contribution is -0.137. The number of benzene rings is 1. The van der Waals surface area contributed by atoms with Gasteiger partial charge in [0.05, 0.1) is 5.56 Å². The largest absolute Gasteiger partial charge is 0.416 e. The number of hydrogen-bond acceptors (Lipinski definition) is 2. The first-order valence-electron chi connectivity index (χ1n) is 9.31. The quantitative estimate of drug-likeness (QED) is 0.730. The molecule has 5 heteroatoms. The Morgan fingerprint density at radius 1 is 1.12 bits per heavy atom. The fourth-order valence-corrected chi connectivity index (χ4v) is 3.68. The Kier molecular flexibility index (Phi) is 6.56. The number of nitrogens with zero attached hydrogens (tertiary/aromatic N) is 1. The van der Waals surface area contributed by atoms with Crippen LogP contribution in [0, 0.1) is 0 Å². The summed E-state index contributed by atoms with van der Waals surface area (Å²) in [5.41, 5.74) is 7.41. The Morgan fingerprint density at radius 2 is 1.62 bits per heavy atom. The van der Waals surface area contributed by atoms with Crippen LogP contribution < -0.4 is 5.73 Å². The molecule has 0 radical (unpaired) electrons. The minimum absolute atomic E-state index is 0.222. The van der Waals surface area contributed by atoms with Crippen molar-refractivity contribution in [3.8, 4) is 0 Å². The van der Waals surface area contributed by atoms with Crippen molar-refractivity contribution in [2.24, 2.45) is 5.73 Å². The molecule has 0 saturated carbocycles. The second-order valence-electron chi connectivity index (χ2n) is 8.35. The summed E-state index contributed by atoms with van der Waals surface area (Å²) < 4.78 is 38.5. The predicted octanol–water partition coefficient (Wildman–Crippen LogP) is 5.13. The molecule has 26 heavy (non-hydrogen) atoms. The van der Waals surface area contributed by atoms with E-state index in [0.717, 1.165) is 37.9 Å². The van der Waals surface area contributed by atoms with Crippen molar-refractivity contribution in [2.75, 3.05) is 13.1 Å². The molecule has 1 aromatic carbocycles. The zero-order valence-electron chi connectivity index (χ0n) is 16.2. The van der Waals surface area contributed by atoms with E-state index in [-0.39, 0.29) is 17.5 Å². The second kappa shape index (κ2) is 8.13. The molecule has 1 unspecified atom stereocenters. The average molecular weight is 368 g/mol. The first-order valence-corrected chi connectivity index (χ1v) is 9.31. The number of nitrogens with two attached hydrogens (primary N) is 1. The van der Waals surface area contributed by atoms with Gasteiger partial charge in [0.2, 0.25) is 0 Å². The van der Waals surface area contributed by atoms with Crippen LogP contribution in [-0.4, -0.2) is 30.1 Å². The molecule has 1 atom stereocenters. The van der Waals surface area contributed by atoms with Crippen LogP contribution in [0.3, 0.4) is 0 Å². The molecule has 0 spiro atoms. The number of likely N-dealkylation sites (tertiary alicyclic amines) is 1. The van der Waals surface area contributed by atoms with Crippen LogP contribution in [0.1, 0.15) is 58.1 Å². The number of alkyl halides is 3. The van der Waals surface area contributed by atoms with Gasteiger partial charge in [-0.25, -0.2) is 0 Å². The van der Waals surface area contributed by atoms with Crippen LogP contribution >= 0.6 is 0 Å². The van der Waals surface area contributed by atoms with Gasteiger partial charge >= 0.3 is 6.18 Å². The van der Waals surface area contributed by atoms with E-state index in [9.17, 15) is 13.2 Å². The SMILES string of the molecule is CC(C)=CC(CC(C)(C)c1ccc(C(F)(F)F)cc1)N1CCC(N)CC1. The highest BCUT2D eigenvalue weighted by molar-refractivity contribution is 5.30. The van der Waals surface area contributed by atoms with Crippen LogP contribution in [0.25, 0.3) is 0 Å². The van der Waals surface area contributed by atoms with Gasteiger partial charge in [-0.2, -0.15) is 13.2 Å². The summed E-state index contributed by atoms with van der Waals surface area (Å²) >= 11 is 0. The summed E-state index contributed by atoms with van der Waals surface area (Å²) in [4.78, 5) is 2.46. The standard InChI is InChI=1S/C21H31F3N2/c1-15(2)13-19(26-11-9-18(25)10-12-26)14-20(3,4)16-5-7-17(8-6-16)21(22,23)24/h5-8,13,18-19H,9-12,14,25H2,1-4H3. The zero-order chi connectivity index (χ0) is 19.5. The first-order chi connectivity index (χ1) is 12.0. The van der Waals surface area contributed by atoms with E-state index in [0.29, 0.717) is 0 Å². The molecule has 2 rings (SSSR count). The topological polar surface area (TPSA) is 29.3 Å². The molecular weight excluding hydrogens is 337 g/mol. The fourth-order valence-electron chi connectivity index (χ4n) is 3.68. The Morgan fingerprint density at radius 3 is 2.08 bits per heavy atom. The van der Waals surface area contributed by atoms with Gasteiger partial charge in [-0.05, 0) is 56.2 Å². The van der Waals surface area contributed by atoms with E-state index in [1.54, 1.807) is 12.1 Å². The van der Waals surface area contributed by atoms with E-state index < -0.39 is 11.7 Å². The van der Waals surface area contributed by atoms with Crippen LogP contribution in [0.15, 0.2) is 35.9 Å². The van der Waals surface area contributed by atoms with E-state index in [2.05, 4.69) is 38.7 Å². The average Bonchev–Trinajstić information content (AvgIpc) is 2.53. The normalized spacial score (nSPS) is 18.6. The second-order valence-corrected chi connectivity index (χ2v) is 8.35. The molecule has 1 aromatic rings. The molecule has 146 valence electrons. The first kappa shape index (κ1) is 21.0. The highest BCUT2D eigenvalue weighted by Crippen LogP contribution is 2.34. The van der Waals surface area contributed by atoms with E-state index in [1.165, 1.54) is 17.7 Å². The lowest BCUT2D eigenvalue weighted by atomic mass is 9.78. The maximum absolute atomic E-state index is 12.8. The smallest absolute Gasteiger partial charge is 0.328 e. The van der Waals surface area contributed by atoms with Crippen molar-refractivity contribution >= 4 is 0 Å². The summed E-state index contributed by atoms with van der Waals surface area (Å²) in [5.74, 6) is 0. The molecule has 1 fully saturated rings. The third-order valence-corrected chi connectivity index (χ3v) is 5.28. The van der Waals surface area contributed by atoms with Gasteiger partial charge in [0.15, 0.2) is 0 Å². The predicted molar refractivity (Wildman–Crippen MR) is 101 cm³/mol. The molecular formula is C21H31F3N2. The summed E-state index contributed by atoms with van der Waals surface area (Å²) in [6.45, 7) is 10.3. The van der Waals surface area contributed by atoms with Crippen LogP contribution in [-0.2, 0) is 11.6 Å². The third-order valence-electron chi connectivity index (χ3n) is 5.28. The summed E-state index contributed by atoms with van der Waals surface area (Å²) in [6, 6.07) is 6.16. The number of hydrogen-bond donors (Lipinski definition) is 1. The van der Waals surface area contributed by atoms with Crippen molar-refractivity contribution in [3.63, 3.8) is 0 Å². The van der Waals surface area contributed by atoms with Crippen LogP contribution in [0.4, 0.5) is 13.2 Å². The van der Waals surface area contributed by atoms with Gasteiger partial charge < -0.3 is 5.73 Å².